The zero-order chi connectivity index (χ0) is 8.43. The molecule has 0 bridgehead atoms. The first-order valence-corrected chi connectivity index (χ1v) is 4.17. The molecular formula is C6H6BrFNOP. The van der Waals surface area contributed by atoms with Gasteiger partial charge in [-0.15, -0.1) is 0 Å². The summed E-state index contributed by atoms with van der Waals surface area (Å²) in [5.41, 5.74) is 0. The third kappa shape index (κ3) is 1.68. The second-order valence-corrected chi connectivity index (χ2v) is 3.22. The maximum atomic E-state index is 13.0. The van der Waals surface area contributed by atoms with Crippen molar-refractivity contribution in [1.29, 1.82) is 0 Å². The van der Waals surface area contributed by atoms with Crippen LogP contribution in [0.4, 0.5) is 4.39 Å². The highest BCUT2D eigenvalue weighted by Gasteiger charge is 2.10. The summed E-state index contributed by atoms with van der Waals surface area (Å²) in [7, 11) is 3.76. The summed E-state index contributed by atoms with van der Waals surface area (Å²) in [5, 5.41) is 0.605. The summed E-state index contributed by atoms with van der Waals surface area (Å²) in [6.45, 7) is 0. The van der Waals surface area contributed by atoms with Gasteiger partial charge < -0.3 is 4.74 Å². The van der Waals surface area contributed by atoms with E-state index in [9.17, 15) is 4.39 Å². The van der Waals surface area contributed by atoms with Crippen molar-refractivity contribution in [3.05, 3.63) is 16.6 Å². The first-order chi connectivity index (χ1) is 5.16. The van der Waals surface area contributed by atoms with Crippen LogP contribution in [0.2, 0.25) is 0 Å². The maximum absolute atomic E-state index is 13.0. The van der Waals surface area contributed by atoms with E-state index in [1.807, 2.05) is 0 Å². The van der Waals surface area contributed by atoms with Crippen molar-refractivity contribution < 1.29 is 9.13 Å². The number of rotatable bonds is 1. The fourth-order valence-electron chi connectivity index (χ4n) is 0.669. The van der Waals surface area contributed by atoms with Gasteiger partial charge in [0.2, 0.25) is 0 Å². The molecule has 0 saturated carbocycles. The number of ether oxygens (including phenoxy) is 1. The van der Waals surface area contributed by atoms with E-state index in [1.54, 1.807) is 0 Å². The Morgan fingerprint density at radius 2 is 2.36 bits per heavy atom. The molecule has 1 atom stereocenters. The summed E-state index contributed by atoms with van der Waals surface area (Å²) in [5.74, 6) is -0.267. The molecule has 11 heavy (non-hydrogen) atoms. The number of halogens is 2. The Labute approximate surface area is 74.5 Å². The molecule has 0 radical (unpaired) electrons. The van der Waals surface area contributed by atoms with Crippen molar-refractivity contribution in [3.8, 4) is 5.75 Å². The first kappa shape index (κ1) is 8.88. The molecule has 0 saturated heterocycles. The highest BCUT2D eigenvalue weighted by Crippen LogP contribution is 2.21. The van der Waals surface area contributed by atoms with Gasteiger partial charge in [-0.1, -0.05) is 9.24 Å². The smallest absolute Gasteiger partial charge is 0.198 e. The SMILES string of the molecule is COc1c(P)cnc(Br)c1F. The number of nitrogens with zero attached hydrogens (tertiary/aromatic N) is 1. The van der Waals surface area contributed by atoms with Gasteiger partial charge in [0.1, 0.15) is 4.60 Å². The largest absolute Gasteiger partial charge is 0.493 e. The lowest BCUT2D eigenvalue weighted by molar-refractivity contribution is 0.387. The van der Waals surface area contributed by atoms with Crippen LogP contribution in [0, 0.1) is 5.82 Å². The standard InChI is InChI=1S/C6H6BrFNOP/c1-10-5-3(11)2-9-6(7)4(5)8/h2H,11H2,1H3. The van der Waals surface area contributed by atoms with Gasteiger partial charge in [-0.2, -0.15) is 4.39 Å². The van der Waals surface area contributed by atoms with Crippen molar-refractivity contribution in [2.24, 2.45) is 0 Å². The van der Waals surface area contributed by atoms with Crippen LogP contribution in [0.15, 0.2) is 10.8 Å². The van der Waals surface area contributed by atoms with Crippen LogP contribution in [-0.2, 0) is 0 Å². The Morgan fingerprint density at radius 3 is 2.82 bits per heavy atom. The van der Waals surface area contributed by atoms with E-state index in [2.05, 4.69) is 30.2 Å². The first-order valence-electron chi connectivity index (χ1n) is 2.80. The Morgan fingerprint density at radius 1 is 1.73 bits per heavy atom. The molecule has 0 aliphatic carbocycles. The molecule has 1 rings (SSSR count). The van der Waals surface area contributed by atoms with Crippen LogP contribution in [0.25, 0.3) is 0 Å². The number of hydrogen-bond acceptors (Lipinski definition) is 2. The second kappa shape index (κ2) is 3.46. The molecule has 0 N–H and O–H groups in total. The van der Waals surface area contributed by atoms with Gasteiger partial charge in [-0.3, -0.25) is 0 Å². The third-order valence-corrected chi connectivity index (χ3v) is 2.13. The highest BCUT2D eigenvalue weighted by atomic mass is 79.9. The minimum Gasteiger partial charge on any atom is -0.493 e. The van der Waals surface area contributed by atoms with Crippen molar-refractivity contribution >= 4 is 30.5 Å². The molecule has 0 spiro atoms. The van der Waals surface area contributed by atoms with E-state index < -0.39 is 5.82 Å². The molecule has 1 aromatic heterocycles. The van der Waals surface area contributed by atoms with Crippen LogP contribution in [0.1, 0.15) is 0 Å². The summed E-state index contributed by atoms with van der Waals surface area (Å²) in [6, 6.07) is 0. The van der Waals surface area contributed by atoms with Gasteiger partial charge in [0.15, 0.2) is 11.6 Å². The molecule has 5 heteroatoms. The van der Waals surface area contributed by atoms with E-state index in [0.717, 1.165) is 0 Å². The molecule has 60 valence electrons. The lowest BCUT2D eigenvalue weighted by atomic mass is 10.4. The van der Waals surface area contributed by atoms with Crippen LogP contribution < -0.4 is 10.0 Å². The number of hydrogen-bond donors (Lipinski definition) is 0. The van der Waals surface area contributed by atoms with Gasteiger partial charge in [0, 0.05) is 11.5 Å². The predicted molar refractivity (Wildman–Crippen MR) is 47.8 cm³/mol. The van der Waals surface area contributed by atoms with Crippen molar-refractivity contribution in [3.63, 3.8) is 0 Å². The summed E-state index contributed by atoms with van der Waals surface area (Å²) in [6.07, 6.45) is 1.51. The molecule has 0 aliphatic rings. The van der Waals surface area contributed by atoms with Gasteiger partial charge >= 0.3 is 0 Å². The molecule has 0 aromatic carbocycles. The number of aromatic nitrogens is 1. The average Bonchev–Trinajstić information content (AvgIpc) is 1.99. The minimum atomic E-state index is -0.472. The maximum Gasteiger partial charge on any atom is 0.198 e. The molecule has 2 nitrogen and oxygen atoms in total. The summed E-state index contributed by atoms with van der Waals surface area (Å²) < 4.78 is 18.0. The fraction of sp³-hybridized carbons (Fsp3) is 0.167. The second-order valence-electron chi connectivity index (χ2n) is 1.85. The molecule has 1 unspecified atom stereocenters. The quantitative estimate of drug-likeness (QED) is 0.546. The normalized spacial score (nSPS) is 9.82. The van der Waals surface area contributed by atoms with E-state index in [-0.39, 0.29) is 10.4 Å². The van der Waals surface area contributed by atoms with Gasteiger partial charge in [-0.25, -0.2) is 4.98 Å². The monoisotopic (exact) mass is 237 g/mol. The van der Waals surface area contributed by atoms with Crippen LogP contribution in [0.3, 0.4) is 0 Å². The molecule has 1 heterocycles. The fourth-order valence-corrected chi connectivity index (χ4v) is 1.27. The van der Waals surface area contributed by atoms with Crippen molar-refractivity contribution in [2.75, 3.05) is 7.11 Å². The Bertz CT molecular complexity index is 282. The van der Waals surface area contributed by atoms with Crippen LogP contribution in [0.5, 0.6) is 5.75 Å². The molecule has 0 fully saturated rings. The van der Waals surface area contributed by atoms with Crippen LogP contribution >= 0.6 is 25.2 Å². The molecule has 0 aliphatic heterocycles. The topological polar surface area (TPSA) is 22.1 Å². The van der Waals surface area contributed by atoms with E-state index in [0.29, 0.717) is 5.30 Å². The van der Waals surface area contributed by atoms with E-state index >= 15 is 0 Å². The van der Waals surface area contributed by atoms with Crippen LogP contribution in [-0.4, -0.2) is 12.1 Å². The van der Waals surface area contributed by atoms with E-state index in [1.165, 1.54) is 13.3 Å². The lowest BCUT2D eigenvalue weighted by Crippen LogP contribution is -2.03. The Hall–Kier alpha value is -0.210. The average molecular weight is 238 g/mol. The highest BCUT2D eigenvalue weighted by molar-refractivity contribution is 9.10. The van der Waals surface area contributed by atoms with E-state index in [4.69, 9.17) is 4.74 Å². The number of pyridine rings is 1. The Kier molecular flexibility index (Phi) is 2.79. The molecular weight excluding hydrogens is 232 g/mol. The number of methoxy groups -OCH3 is 1. The molecule has 0 amide bonds. The minimum absolute atomic E-state index is 0.167. The summed E-state index contributed by atoms with van der Waals surface area (Å²) >= 11 is 2.95. The van der Waals surface area contributed by atoms with Crippen molar-refractivity contribution in [2.45, 2.75) is 0 Å². The van der Waals surface area contributed by atoms with Gasteiger partial charge in [-0.05, 0) is 15.9 Å². The van der Waals surface area contributed by atoms with Crippen molar-refractivity contribution in [1.82, 2.24) is 4.98 Å². The van der Waals surface area contributed by atoms with Gasteiger partial charge in [0.25, 0.3) is 0 Å². The third-order valence-electron chi connectivity index (χ3n) is 1.16. The van der Waals surface area contributed by atoms with Gasteiger partial charge in [0.05, 0.1) is 7.11 Å². The Balaban J connectivity index is 3.29. The predicted octanol–water partition coefficient (Wildman–Crippen LogP) is 1.49. The summed E-state index contributed by atoms with van der Waals surface area (Å²) in [4.78, 5) is 3.73. The lowest BCUT2D eigenvalue weighted by Gasteiger charge is -2.04. The zero-order valence-corrected chi connectivity index (χ0v) is 8.51. The molecule has 1 aromatic rings. The zero-order valence-electron chi connectivity index (χ0n) is 5.77.